The molecule has 0 aliphatic carbocycles. The summed E-state index contributed by atoms with van der Waals surface area (Å²) < 4.78 is 15.3. The number of esters is 1. The fourth-order valence-corrected chi connectivity index (χ4v) is 2.57. The monoisotopic (exact) mass is 404 g/mol. The largest absolute Gasteiger partial charge is 0.454 e. The number of carbonyl (C=O) groups is 2. The van der Waals surface area contributed by atoms with Crippen molar-refractivity contribution < 1.29 is 28.7 Å². The van der Waals surface area contributed by atoms with E-state index in [1.54, 1.807) is 12.1 Å². The average Bonchev–Trinajstić information content (AvgIpc) is 3.14. The fraction of sp³-hybridized carbons (Fsp3) is 0.111. The second-order valence-electron chi connectivity index (χ2n) is 5.53. The molecule has 3 rings (SSSR count). The minimum Gasteiger partial charge on any atom is -0.454 e. The molecule has 2 aromatic carbocycles. The Kier molecular flexibility index (Phi) is 5.75. The molecule has 0 aromatic heterocycles. The van der Waals surface area contributed by atoms with E-state index in [4.69, 9.17) is 25.8 Å². The van der Waals surface area contributed by atoms with Gasteiger partial charge in [0.15, 0.2) is 18.1 Å². The lowest BCUT2D eigenvalue weighted by Crippen LogP contribution is -2.20. The van der Waals surface area contributed by atoms with Crippen LogP contribution in [0.3, 0.4) is 0 Å². The molecule has 0 saturated carbocycles. The molecule has 0 bridgehead atoms. The van der Waals surface area contributed by atoms with Crippen LogP contribution in [-0.2, 0) is 14.3 Å². The van der Waals surface area contributed by atoms with E-state index in [1.807, 2.05) is 0 Å². The second-order valence-corrected chi connectivity index (χ2v) is 5.94. The zero-order valence-electron chi connectivity index (χ0n) is 14.2. The van der Waals surface area contributed by atoms with Crippen LogP contribution in [0.4, 0.5) is 11.4 Å². The summed E-state index contributed by atoms with van der Waals surface area (Å²) in [4.78, 5) is 33.6. The van der Waals surface area contributed by atoms with E-state index in [2.05, 4.69) is 5.32 Å². The summed E-state index contributed by atoms with van der Waals surface area (Å²) in [7, 11) is 0. The van der Waals surface area contributed by atoms with Gasteiger partial charge in [-0.25, -0.2) is 4.79 Å². The number of hydrogen-bond acceptors (Lipinski definition) is 7. The van der Waals surface area contributed by atoms with Crippen LogP contribution >= 0.6 is 11.6 Å². The molecule has 1 aliphatic rings. The Bertz CT molecular complexity index is 957. The molecule has 9 nitrogen and oxygen atoms in total. The molecule has 10 heteroatoms. The van der Waals surface area contributed by atoms with Crippen LogP contribution in [0.25, 0.3) is 6.08 Å². The normalized spacial score (nSPS) is 12.0. The predicted octanol–water partition coefficient (Wildman–Crippen LogP) is 3.17. The maximum atomic E-state index is 11.8. The van der Waals surface area contributed by atoms with Gasteiger partial charge in [-0.05, 0) is 35.9 Å². The van der Waals surface area contributed by atoms with Gasteiger partial charge < -0.3 is 19.5 Å². The Labute approximate surface area is 163 Å². The molecule has 2 aromatic rings. The van der Waals surface area contributed by atoms with Crippen molar-refractivity contribution in [3.8, 4) is 11.5 Å². The predicted molar refractivity (Wildman–Crippen MR) is 99.3 cm³/mol. The van der Waals surface area contributed by atoms with Gasteiger partial charge in [-0.15, -0.1) is 0 Å². The molecule has 0 radical (unpaired) electrons. The van der Waals surface area contributed by atoms with Crippen LogP contribution in [0, 0.1) is 10.1 Å². The molecular formula is C18H13ClN2O7. The van der Waals surface area contributed by atoms with Crippen LogP contribution in [0.2, 0.25) is 5.02 Å². The molecule has 0 spiro atoms. The zero-order valence-corrected chi connectivity index (χ0v) is 15.0. The minimum atomic E-state index is -0.729. The third-order valence-corrected chi connectivity index (χ3v) is 3.85. The lowest BCUT2D eigenvalue weighted by molar-refractivity contribution is -0.384. The molecule has 28 heavy (non-hydrogen) atoms. The Hall–Kier alpha value is -3.59. The molecule has 0 saturated heterocycles. The maximum Gasteiger partial charge on any atom is 0.331 e. The number of benzene rings is 2. The number of non-ortho nitro benzene ring substituents is 1. The smallest absolute Gasteiger partial charge is 0.331 e. The summed E-state index contributed by atoms with van der Waals surface area (Å²) in [5.74, 6) is -0.387. The van der Waals surface area contributed by atoms with Crippen molar-refractivity contribution in [2.75, 3.05) is 18.7 Å². The number of hydrogen-bond donors (Lipinski definition) is 1. The van der Waals surface area contributed by atoms with Gasteiger partial charge in [0, 0.05) is 23.9 Å². The molecule has 1 heterocycles. The molecular weight excluding hydrogens is 392 g/mol. The Morgan fingerprint density at radius 1 is 1.25 bits per heavy atom. The summed E-state index contributed by atoms with van der Waals surface area (Å²) >= 11 is 6.05. The van der Waals surface area contributed by atoms with E-state index in [1.165, 1.54) is 30.3 Å². The Morgan fingerprint density at radius 2 is 2.00 bits per heavy atom. The lowest BCUT2D eigenvalue weighted by atomic mass is 10.2. The number of fused-ring (bicyclic) bond motifs is 1. The first-order valence-corrected chi connectivity index (χ1v) is 8.28. The quantitative estimate of drug-likeness (QED) is 0.340. The number of nitro groups is 1. The van der Waals surface area contributed by atoms with Crippen molar-refractivity contribution >= 4 is 40.9 Å². The van der Waals surface area contributed by atoms with Crippen molar-refractivity contribution in [3.63, 3.8) is 0 Å². The third kappa shape index (κ3) is 4.77. The van der Waals surface area contributed by atoms with E-state index in [-0.39, 0.29) is 12.5 Å². The molecule has 0 unspecified atom stereocenters. The molecule has 144 valence electrons. The minimum absolute atomic E-state index is 0.0775. The van der Waals surface area contributed by atoms with Crippen LogP contribution < -0.4 is 14.8 Å². The highest BCUT2D eigenvalue weighted by Gasteiger charge is 2.17. The standard InChI is InChI=1S/C18H13ClN2O7/c19-14-7-11(8-15-18(14)28-10-27-15)1-6-17(23)26-9-16(22)20-12-2-4-13(5-3-12)21(24)25/h1-8H,9-10H2,(H,20,22)/b6-1+. The van der Waals surface area contributed by atoms with Crippen molar-refractivity contribution in [3.05, 3.63) is 63.2 Å². The number of halogens is 1. The van der Waals surface area contributed by atoms with Crippen molar-refractivity contribution in [2.45, 2.75) is 0 Å². The van der Waals surface area contributed by atoms with Gasteiger partial charge in [0.1, 0.15) is 0 Å². The third-order valence-electron chi connectivity index (χ3n) is 3.57. The molecule has 1 aliphatic heterocycles. The number of carbonyl (C=O) groups excluding carboxylic acids is 2. The molecule has 0 fully saturated rings. The maximum absolute atomic E-state index is 11.8. The number of anilines is 1. The number of ether oxygens (including phenoxy) is 3. The van der Waals surface area contributed by atoms with E-state index < -0.39 is 23.4 Å². The first kappa shape index (κ1) is 19.2. The fourth-order valence-electron chi connectivity index (χ4n) is 2.30. The van der Waals surface area contributed by atoms with Crippen LogP contribution in [-0.4, -0.2) is 30.2 Å². The van der Waals surface area contributed by atoms with Crippen LogP contribution in [0.15, 0.2) is 42.5 Å². The Balaban J connectivity index is 1.50. The molecule has 1 amide bonds. The van der Waals surface area contributed by atoms with E-state index in [0.29, 0.717) is 27.8 Å². The van der Waals surface area contributed by atoms with Gasteiger partial charge in [-0.1, -0.05) is 11.6 Å². The highest BCUT2D eigenvalue weighted by Crippen LogP contribution is 2.40. The first-order valence-electron chi connectivity index (χ1n) is 7.90. The second kappa shape index (κ2) is 8.40. The van der Waals surface area contributed by atoms with Gasteiger partial charge in [-0.2, -0.15) is 0 Å². The highest BCUT2D eigenvalue weighted by molar-refractivity contribution is 6.32. The molecule has 1 N–H and O–H groups in total. The summed E-state index contributed by atoms with van der Waals surface area (Å²) in [6.07, 6.45) is 2.61. The number of amides is 1. The summed E-state index contributed by atoms with van der Waals surface area (Å²) in [5, 5.41) is 13.4. The highest BCUT2D eigenvalue weighted by atomic mass is 35.5. The van der Waals surface area contributed by atoms with Crippen molar-refractivity contribution in [1.29, 1.82) is 0 Å². The zero-order chi connectivity index (χ0) is 20.1. The molecule has 0 atom stereocenters. The average molecular weight is 405 g/mol. The summed E-state index contributed by atoms with van der Waals surface area (Å²) in [6, 6.07) is 8.50. The van der Waals surface area contributed by atoms with Gasteiger partial charge in [-0.3, -0.25) is 14.9 Å². The van der Waals surface area contributed by atoms with Gasteiger partial charge >= 0.3 is 5.97 Å². The Morgan fingerprint density at radius 3 is 2.71 bits per heavy atom. The van der Waals surface area contributed by atoms with Gasteiger partial charge in [0.05, 0.1) is 9.95 Å². The number of nitrogens with one attached hydrogen (secondary N) is 1. The number of rotatable bonds is 6. The van der Waals surface area contributed by atoms with E-state index >= 15 is 0 Å². The van der Waals surface area contributed by atoms with Crippen molar-refractivity contribution in [1.82, 2.24) is 0 Å². The van der Waals surface area contributed by atoms with E-state index in [9.17, 15) is 19.7 Å². The topological polar surface area (TPSA) is 117 Å². The first-order chi connectivity index (χ1) is 13.4. The van der Waals surface area contributed by atoms with Crippen LogP contribution in [0.1, 0.15) is 5.56 Å². The van der Waals surface area contributed by atoms with E-state index in [0.717, 1.165) is 6.08 Å². The van der Waals surface area contributed by atoms with Crippen molar-refractivity contribution in [2.24, 2.45) is 0 Å². The lowest BCUT2D eigenvalue weighted by Gasteiger charge is -2.05. The number of nitrogens with zero attached hydrogens (tertiary/aromatic N) is 1. The van der Waals surface area contributed by atoms with Crippen LogP contribution in [0.5, 0.6) is 11.5 Å². The SMILES string of the molecule is O=C(COC(=O)/C=C/c1cc(Cl)c2c(c1)OCO2)Nc1ccc([N+](=O)[O-])cc1. The summed E-state index contributed by atoms with van der Waals surface area (Å²) in [5.41, 5.74) is 0.844. The summed E-state index contributed by atoms with van der Waals surface area (Å²) in [6.45, 7) is -0.434. The number of nitro benzene ring substituents is 1. The van der Waals surface area contributed by atoms with Gasteiger partial charge in [0.2, 0.25) is 6.79 Å². The van der Waals surface area contributed by atoms with Gasteiger partial charge in [0.25, 0.3) is 11.6 Å².